The van der Waals surface area contributed by atoms with Gasteiger partial charge < -0.3 is 20.2 Å². The molecular weight excluding hydrogens is 246 g/mol. The average molecular weight is 273 g/mol. The molecule has 0 bridgehead atoms. The molecule has 0 aliphatic carbocycles. The first-order valence-electron chi connectivity index (χ1n) is 6.83. The molecule has 0 aromatic carbocycles. The maximum absolute atomic E-state index is 12.0. The van der Waals surface area contributed by atoms with Crippen LogP contribution in [0.25, 0.3) is 0 Å². The van der Waals surface area contributed by atoms with Crippen molar-refractivity contribution in [2.24, 2.45) is 0 Å². The second-order valence-electron chi connectivity index (χ2n) is 4.95. The van der Waals surface area contributed by atoms with E-state index in [-0.39, 0.29) is 24.7 Å². The molecule has 6 nitrogen and oxygen atoms in total. The Morgan fingerprint density at radius 3 is 2.05 bits per heavy atom. The summed E-state index contributed by atoms with van der Waals surface area (Å²) in [7, 11) is 0. The number of carboxylic acids is 1. The number of carbonyl (C=O) groups excluding carboxylic acids is 1. The molecule has 1 atom stereocenters. The number of hydrogen-bond acceptors (Lipinski definition) is 3. The van der Waals surface area contributed by atoms with Gasteiger partial charge in [0.25, 0.3) is 0 Å². The number of likely N-dealkylation sites (N-methyl/N-ethyl adjacent to an activating group) is 1. The SMILES string of the molecule is CCN(CC)CC(C)NC(=O)N(CC(=O)O)C(C)C. The van der Waals surface area contributed by atoms with Crippen LogP contribution in [0.5, 0.6) is 0 Å². The zero-order chi connectivity index (χ0) is 15.0. The molecule has 2 N–H and O–H groups in total. The molecule has 0 rings (SSSR count). The van der Waals surface area contributed by atoms with Gasteiger partial charge in [0, 0.05) is 18.6 Å². The van der Waals surface area contributed by atoms with Crippen molar-refractivity contribution in [3.8, 4) is 0 Å². The molecule has 0 aromatic heterocycles. The number of nitrogens with one attached hydrogen (secondary N) is 1. The van der Waals surface area contributed by atoms with E-state index in [1.165, 1.54) is 4.90 Å². The predicted molar refractivity (Wildman–Crippen MR) is 75.3 cm³/mol. The minimum Gasteiger partial charge on any atom is -0.480 e. The van der Waals surface area contributed by atoms with Gasteiger partial charge in [0.15, 0.2) is 0 Å². The largest absolute Gasteiger partial charge is 0.480 e. The van der Waals surface area contributed by atoms with E-state index in [9.17, 15) is 9.59 Å². The van der Waals surface area contributed by atoms with Crippen LogP contribution in [0, 0.1) is 0 Å². The van der Waals surface area contributed by atoms with Crippen molar-refractivity contribution in [2.75, 3.05) is 26.2 Å². The lowest BCUT2D eigenvalue weighted by Gasteiger charge is -2.29. The van der Waals surface area contributed by atoms with Gasteiger partial charge in [-0.15, -0.1) is 0 Å². The van der Waals surface area contributed by atoms with Crippen LogP contribution in [-0.2, 0) is 4.79 Å². The van der Waals surface area contributed by atoms with E-state index in [1.54, 1.807) is 13.8 Å². The summed E-state index contributed by atoms with van der Waals surface area (Å²) in [5.74, 6) is -1.000. The third-order valence-electron chi connectivity index (χ3n) is 2.99. The molecule has 0 spiro atoms. The van der Waals surface area contributed by atoms with Gasteiger partial charge in [-0.2, -0.15) is 0 Å². The second-order valence-corrected chi connectivity index (χ2v) is 4.95. The van der Waals surface area contributed by atoms with E-state index in [4.69, 9.17) is 5.11 Å². The average Bonchev–Trinajstić information content (AvgIpc) is 2.32. The van der Waals surface area contributed by atoms with E-state index < -0.39 is 5.97 Å². The fourth-order valence-corrected chi connectivity index (χ4v) is 1.84. The molecule has 0 radical (unpaired) electrons. The maximum atomic E-state index is 12.0. The van der Waals surface area contributed by atoms with Crippen LogP contribution in [0.2, 0.25) is 0 Å². The first-order chi connectivity index (χ1) is 8.81. The van der Waals surface area contributed by atoms with Crippen LogP contribution in [0.4, 0.5) is 4.79 Å². The Morgan fingerprint density at radius 1 is 1.16 bits per heavy atom. The third-order valence-corrected chi connectivity index (χ3v) is 2.99. The Hall–Kier alpha value is -1.30. The second kappa shape index (κ2) is 8.74. The Balaban J connectivity index is 4.42. The Labute approximate surface area is 115 Å². The molecule has 0 saturated heterocycles. The van der Waals surface area contributed by atoms with E-state index in [2.05, 4.69) is 24.1 Å². The van der Waals surface area contributed by atoms with Gasteiger partial charge in [-0.05, 0) is 33.9 Å². The highest BCUT2D eigenvalue weighted by Crippen LogP contribution is 2.00. The highest BCUT2D eigenvalue weighted by atomic mass is 16.4. The summed E-state index contributed by atoms with van der Waals surface area (Å²) in [6.07, 6.45) is 0. The zero-order valence-electron chi connectivity index (χ0n) is 12.6. The van der Waals surface area contributed by atoms with Crippen molar-refractivity contribution >= 4 is 12.0 Å². The Kier molecular flexibility index (Phi) is 8.14. The number of nitrogens with zero attached hydrogens (tertiary/aromatic N) is 2. The van der Waals surface area contributed by atoms with Crippen LogP contribution in [0.3, 0.4) is 0 Å². The van der Waals surface area contributed by atoms with Crippen LogP contribution >= 0.6 is 0 Å². The smallest absolute Gasteiger partial charge is 0.323 e. The van der Waals surface area contributed by atoms with Crippen molar-refractivity contribution in [1.29, 1.82) is 0 Å². The lowest BCUT2D eigenvalue weighted by atomic mass is 10.3. The van der Waals surface area contributed by atoms with Crippen molar-refractivity contribution in [3.05, 3.63) is 0 Å². The number of amides is 2. The Morgan fingerprint density at radius 2 is 1.68 bits per heavy atom. The summed E-state index contributed by atoms with van der Waals surface area (Å²) < 4.78 is 0. The van der Waals surface area contributed by atoms with Gasteiger partial charge in [-0.25, -0.2) is 4.79 Å². The van der Waals surface area contributed by atoms with Gasteiger partial charge >= 0.3 is 12.0 Å². The number of carbonyl (C=O) groups is 2. The normalized spacial score (nSPS) is 12.6. The molecule has 0 aliphatic heterocycles. The van der Waals surface area contributed by atoms with Gasteiger partial charge in [0.05, 0.1) is 0 Å². The summed E-state index contributed by atoms with van der Waals surface area (Å²) in [4.78, 5) is 26.3. The fraction of sp³-hybridized carbons (Fsp3) is 0.846. The first kappa shape index (κ1) is 17.7. The van der Waals surface area contributed by atoms with Crippen LogP contribution in [0.1, 0.15) is 34.6 Å². The van der Waals surface area contributed by atoms with Crippen LogP contribution in [-0.4, -0.2) is 65.2 Å². The standard InChI is InChI=1S/C13H27N3O3/c1-6-15(7-2)8-11(5)14-13(19)16(10(3)4)9-12(17)18/h10-11H,6-9H2,1-5H3,(H,14,19)(H,17,18). The summed E-state index contributed by atoms with van der Waals surface area (Å²) >= 11 is 0. The molecule has 2 amide bonds. The molecular formula is C13H27N3O3. The summed E-state index contributed by atoms with van der Waals surface area (Å²) in [6.45, 7) is 12.0. The molecule has 19 heavy (non-hydrogen) atoms. The van der Waals surface area contributed by atoms with Gasteiger partial charge in [0.2, 0.25) is 0 Å². The van der Waals surface area contributed by atoms with Crippen molar-refractivity contribution in [2.45, 2.75) is 46.7 Å². The quantitative estimate of drug-likeness (QED) is 0.697. The lowest BCUT2D eigenvalue weighted by Crippen LogP contribution is -2.51. The number of rotatable bonds is 8. The summed E-state index contributed by atoms with van der Waals surface area (Å²) in [6, 6.07) is -0.476. The zero-order valence-corrected chi connectivity index (χ0v) is 12.6. The molecule has 0 heterocycles. The monoisotopic (exact) mass is 273 g/mol. The van der Waals surface area contributed by atoms with Crippen LogP contribution < -0.4 is 5.32 Å². The fourth-order valence-electron chi connectivity index (χ4n) is 1.84. The van der Waals surface area contributed by atoms with Gasteiger partial charge in [-0.3, -0.25) is 4.79 Å². The van der Waals surface area contributed by atoms with E-state index in [1.807, 2.05) is 6.92 Å². The van der Waals surface area contributed by atoms with E-state index in [0.717, 1.165) is 19.6 Å². The van der Waals surface area contributed by atoms with Crippen LogP contribution in [0.15, 0.2) is 0 Å². The highest BCUT2D eigenvalue weighted by Gasteiger charge is 2.21. The topological polar surface area (TPSA) is 72.9 Å². The molecule has 112 valence electrons. The number of carboxylic acid groups (broad SMARTS) is 1. The number of aliphatic carboxylic acids is 1. The molecule has 1 unspecified atom stereocenters. The number of hydrogen-bond donors (Lipinski definition) is 2. The number of urea groups is 1. The van der Waals surface area contributed by atoms with Crippen molar-refractivity contribution in [3.63, 3.8) is 0 Å². The van der Waals surface area contributed by atoms with Gasteiger partial charge in [-0.1, -0.05) is 13.8 Å². The first-order valence-corrected chi connectivity index (χ1v) is 6.83. The minimum atomic E-state index is -1.000. The predicted octanol–water partition coefficient (Wildman–Crippen LogP) is 1.22. The summed E-state index contributed by atoms with van der Waals surface area (Å²) in [5, 5.41) is 11.7. The maximum Gasteiger partial charge on any atom is 0.323 e. The van der Waals surface area contributed by atoms with Crippen molar-refractivity contribution < 1.29 is 14.7 Å². The van der Waals surface area contributed by atoms with Gasteiger partial charge in [0.1, 0.15) is 6.54 Å². The Bertz CT molecular complexity index is 291. The van der Waals surface area contributed by atoms with Crippen molar-refractivity contribution in [1.82, 2.24) is 15.1 Å². The lowest BCUT2D eigenvalue weighted by molar-refractivity contribution is -0.138. The summed E-state index contributed by atoms with van der Waals surface area (Å²) in [5.41, 5.74) is 0. The molecule has 6 heteroatoms. The molecule has 0 fully saturated rings. The molecule has 0 aliphatic rings. The minimum absolute atomic E-state index is 0.0116. The molecule has 0 aromatic rings. The van der Waals surface area contributed by atoms with E-state index in [0.29, 0.717) is 0 Å². The van der Waals surface area contributed by atoms with E-state index >= 15 is 0 Å². The third kappa shape index (κ3) is 7.00. The molecule has 0 saturated carbocycles. The highest BCUT2D eigenvalue weighted by molar-refractivity contribution is 5.80.